The monoisotopic (exact) mass is 107 g/mol. The van der Waals surface area contributed by atoms with Crippen LogP contribution in [0.15, 0.2) is 0 Å². The summed E-state index contributed by atoms with van der Waals surface area (Å²) in [4.78, 5) is 0. The van der Waals surface area contributed by atoms with E-state index in [0.29, 0.717) is 6.42 Å². The molecule has 0 saturated heterocycles. The molecule has 0 atom stereocenters. The minimum atomic E-state index is -2.16. The van der Waals surface area contributed by atoms with Crippen molar-refractivity contribution in [2.24, 2.45) is 0 Å². The summed E-state index contributed by atoms with van der Waals surface area (Å²) in [6, 6.07) is 0. The van der Waals surface area contributed by atoms with Crippen molar-refractivity contribution in [2.75, 3.05) is 5.75 Å². The molecule has 0 heterocycles. The van der Waals surface area contributed by atoms with Crippen LogP contribution in [-0.4, -0.2) is 14.2 Å². The normalized spacial score (nSPS) is 9.67. The number of rotatable bonds is 2. The summed E-state index contributed by atoms with van der Waals surface area (Å²) in [5.41, 5.74) is 0. The highest BCUT2D eigenvalue weighted by molar-refractivity contribution is 7.72. The molecule has 0 saturated carbocycles. The Kier molecular flexibility index (Phi) is 3.13. The molecule has 0 aromatic carbocycles. The number of hydrogen-bond acceptors (Lipinski definition) is 2. The zero-order valence-electron chi connectivity index (χ0n) is 3.39. The second-order valence-electron chi connectivity index (χ2n) is 0.910. The molecule has 0 rings (SSSR count). The van der Waals surface area contributed by atoms with E-state index in [4.69, 9.17) is 0 Å². The molecule has 0 aliphatic rings. The Bertz CT molecular complexity index is 76.8. The topological polar surface area (TPSA) is 34.1 Å². The van der Waals surface area contributed by atoms with Crippen molar-refractivity contribution >= 4 is 10.7 Å². The Labute approximate surface area is 39.1 Å². The molecule has 1 radical (unpaired) electrons. The van der Waals surface area contributed by atoms with E-state index in [1.165, 1.54) is 0 Å². The summed E-state index contributed by atoms with van der Waals surface area (Å²) in [6.07, 6.45) is 0.485. The first-order valence-electron chi connectivity index (χ1n) is 1.68. The average Bonchev–Trinajstić information content (AvgIpc) is 1.35. The van der Waals surface area contributed by atoms with E-state index < -0.39 is 10.7 Å². The van der Waals surface area contributed by atoms with Crippen LogP contribution in [0.3, 0.4) is 0 Å². The van der Waals surface area contributed by atoms with Crippen molar-refractivity contribution in [3.63, 3.8) is 0 Å². The summed E-state index contributed by atoms with van der Waals surface area (Å²) in [6.45, 7) is 3.34. The maximum atomic E-state index is 9.60. The van der Waals surface area contributed by atoms with Gasteiger partial charge in [-0.2, -0.15) is 0 Å². The largest absolute Gasteiger partial charge is 0.232 e. The van der Waals surface area contributed by atoms with Crippen LogP contribution in [0.2, 0.25) is 0 Å². The minimum Gasteiger partial charge on any atom is -0.232 e. The molecule has 0 spiro atoms. The fraction of sp³-hybridized carbons (Fsp3) is 0.667. The van der Waals surface area contributed by atoms with Crippen LogP contribution in [-0.2, 0) is 10.7 Å². The van der Waals surface area contributed by atoms with Crippen LogP contribution < -0.4 is 0 Å². The highest BCUT2D eigenvalue weighted by Crippen LogP contribution is 1.70. The fourth-order valence-electron chi connectivity index (χ4n) is 0.129. The van der Waals surface area contributed by atoms with Crippen LogP contribution in [0, 0.1) is 6.92 Å². The molecule has 6 heavy (non-hydrogen) atoms. The molecule has 3 heteroatoms. The molecule has 0 bridgehead atoms. The first-order chi connectivity index (χ1) is 2.77. The van der Waals surface area contributed by atoms with E-state index in [1.807, 2.05) is 0 Å². The van der Waals surface area contributed by atoms with Crippen LogP contribution in [0.5, 0.6) is 0 Å². The van der Waals surface area contributed by atoms with Gasteiger partial charge < -0.3 is 0 Å². The van der Waals surface area contributed by atoms with Crippen molar-refractivity contribution < 1.29 is 8.42 Å². The number of hydrogen-bond donors (Lipinski definition) is 1. The lowest BCUT2D eigenvalue weighted by molar-refractivity contribution is 0.614. The van der Waals surface area contributed by atoms with Crippen molar-refractivity contribution in [2.45, 2.75) is 6.42 Å². The first-order valence-corrected chi connectivity index (χ1v) is 3.04. The molecule has 0 amide bonds. The van der Waals surface area contributed by atoms with E-state index in [9.17, 15) is 8.42 Å². The summed E-state index contributed by atoms with van der Waals surface area (Å²) >= 11 is 0. The number of thiol groups is 1. The van der Waals surface area contributed by atoms with Gasteiger partial charge in [0.15, 0.2) is 0 Å². The quantitative estimate of drug-likeness (QED) is 0.497. The van der Waals surface area contributed by atoms with Crippen LogP contribution >= 0.6 is 0 Å². The zero-order chi connectivity index (χ0) is 4.99. The average molecular weight is 107 g/mol. The standard InChI is InChI=1S/C3H7O2S/c1-2-3-6(4)5/h6H,1-3H2. The Hall–Kier alpha value is -0.0500. The molecule has 2 nitrogen and oxygen atoms in total. The Morgan fingerprint density at radius 3 is 2.00 bits per heavy atom. The van der Waals surface area contributed by atoms with Gasteiger partial charge in [-0.05, 0) is 6.42 Å². The lowest BCUT2D eigenvalue weighted by Crippen LogP contribution is -1.80. The maximum Gasteiger partial charge on any atom is 0.140 e. The van der Waals surface area contributed by atoms with Crippen molar-refractivity contribution in [3.8, 4) is 0 Å². The Morgan fingerprint density at radius 1 is 1.50 bits per heavy atom. The summed E-state index contributed by atoms with van der Waals surface area (Å²) < 4.78 is 19.2. The third-order valence-electron chi connectivity index (χ3n) is 0.341. The van der Waals surface area contributed by atoms with E-state index in [1.54, 1.807) is 0 Å². The third-order valence-corrected chi connectivity index (χ3v) is 1.02. The molecule has 0 unspecified atom stereocenters. The van der Waals surface area contributed by atoms with Gasteiger partial charge in [0.25, 0.3) is 0 Å². The second-order valence-corrected chi connectivity index (χ2v) is 2.02. The molecule has 0 aromatic heterocycles. The molecule has 0 aliphatic carbocycles. The highest BCUT2D eigenvalue weighted by Gasteiger charge is 1.76. The van der Waals surface area contributed by atoms with Gasteiger partial charge in [-0.15, -0.1) is 0 Å². The van der Waals surface area contributed by atoms with Crippen molar-refractivity contribution in [3.05, 3.63) is 6.92 Å². The zero-order valence-corrected chi connectivity index (χ0v) is 4.28. The van der Waals surface area contributed by atoms with Crippen molar-refractivity contribution in [1.82, 2.24) is 0 Å². The maximum absolute atomic E-state index is 9.60. The van der Waals surface area contributed by atoms with E-state index in [2.05, 4.69) is 6.92 Å². The molecule has 37 valence electrons. The van der Waals surface area contributed by atoms with Gasteiger partial charge in [-0.25, -0.2) is 8.42 Å². The van der Waals surface area contributed by atoms with Crippen LogP contribution in [0.4, 0.5) is 0 Å². The lowest BCUT2D eigenvalue weighted by Gasteiger charge is -1.72. The van der Waals surface area contributed by atoms with Gasteiger partial charge >= 0.3 is 0 Å². The fourth-order valence-corrected chi connectivity index (χ4v) is 0.387. The van der Waals surface area contributed by atoms with Gasteiger partial charge in [0.05, 0.1) is 0 Å². The summed E-state index contributed by atoms with van der Waals surface area (Å²) in [5.74, 6) is 0.218. The molecule has 0 N–H and O–H groups in total. The van der Waals surface area contributed by atoms with E-state index in [0.717, 1.165) is 0 Å². The Balaban J connectivity index is 3.07. The summed E-state index contributed by atoms with van der Waals surface area (Å²) in [7, 11) is -2.16. The van der Waals surface area contributed by atoms with Gasteiger partial charge in [-0.1, -0.05) is 6.92 Å². The highest BCUT2D eigenvalue weighted by atomic mass is 32.2. The molecule has 0 aliphatic heterocycles. The van der Waals surface area contributed by atoms with Gasteiger partial charge in [-0.3, -0.25) is 0 Å². The Morgan fingerprint density at radius 2 is 2.00 bits per heavy atom. The summed E-state index contributed by atoms with van der Waals surface area (Å²) in [5, 5.41) is 0. The first kappa shape index (κ1) is 5.95. The van der Waals surface area contributed by atoms with E-state index in [-0.39, 0.29) is 5.75 Å². The second kappa shape index (κ2) is 3.15. The molecular formula is C3H7O2S. The SMILES string of the molecule is [CH2]CC[SH](=O)=O. The van der Waals surface area contributed by atoms with Gasteiger partial charge in [0, 0.05) is 5.75 Å². The van der Waals surface area contributed by atoms with Crippen LogP contribution in [0.25, 0.3) is 0 Å². The van der Waals surface area contributed by atoms with Gasteiger partial charge in [0.1, 0.15) is 10.7 Å². The van der Waals surface area contributed by atoms with E-state index >= 15 is 0 Å². The lowest BCUT2D eigenvalue weighted by atomic mass is 10.6. The smallest absolute Gasteiger partial charge is 0.140 e. The molecule has 0 aromatic rings. The van der Waals surface area contributed by atoms with Crippen molar-refractivity contribution in [1.29, 1.82) is 0 Å². The molecular weight excluding hydrogens is 100 g/mol. The van der Waals surface area contributed by atoms with Crippen LogP contribution in [0.1, 0.15) is 6.42 Å². The van der Waals surface area contributed by atoms with Gasteiger partial charge in [0.2, 0.25) is 0 Å². The molecule has 0 fully saturated rings. The third kappa shape index (κ3) is 3.95. The predicted octanol–water partition coefficient (Wildman–Crippen LogP) is -0.178. The minimum absolute atomic E-state index is 0.218. The predicted molar refractivity (Wildman–Crippen MR) is 25.2 cm³/mol.